The van der Waals surface area contributed by atoms with E-state index in [2.05, 4.69) is 34.5 Å². The second kappa shape index (κ2) is 16.6. The molecule has 3 aromatic carbocycles. The van der Waals surface area contributed by atoms with Crippen LogP contribution in [0.5, 0.6) is 0 Å². The van der Waals surface area contributed by atoms with Crippen LogP contribution in [-0.2, 0) is 39.6 Å². The number of nitrogens with zero attached hydrogens (tertiary/aromatic N) is 2. The lowest BCUT2D eigenvalue weighted by atomic mass is 9.97. The largest absolute Gasteiger partial charge is 0.416 e. The van der Waals surface area contributed by atoms with Gasteiger partial charge < -0.3 is 15.0 Å². The molecule has 1 fully saturated rings. The summed E-state index contributed by atoms with van der Waals surface area (Å²) < 4.78 is 79.7. The van der Waals surface area contributed by atoms with E-state index in [-0.39, 0.29) is 30.0 Å². The van der Waals surface area contributed by atoms with Crippen molar-refractivity contribution in [2.75, 3.05) is 40.3 Å². The molecule has 2 amide bonds. The maximum absolute atomic E-state index is 12.8. The number of likely N-dealkylation sites (N-methyl/N-ethyl adjacent to an activating group) is 1. The second-order valence-corrected chi connectivity index (χ2v) is 11.3. The molecule has 0 bridgehead atoms. The molecule has 0 unspecified atom stereocenters. The number of hydrogen-bond acceptors (Lipinski definition) is 4. The van der Waals surface area contributed by atoms with E-state index in [9.17, 15) is 35.9 Å². The molecule has 250 valence electrons. The first-order valence-electron chi connectivity index (χ1n) is 14.8. The molecular formula is C34H39F6N3O3. The molecule has 1 heterocycles. The smallest absolute Gasteiger partial charge is 0.377 e. The lowest BCUT2D eigenvalue weighted by Gasteiger charge is -2.32. The zero-order valence-electron chi connectivity index (χ0n) is 26.0. The predicted octanol–water partition coefficient (Wildman–Crippen LogP) is 6.76. The van der Waals surface area contributed by atoms with Gasteiger partial charge in [-0.15, -0.1) is 0 Å². The van der Waals surface area contributed by atoms with E-state index in [0.717, 1.165) is 24.9 Å². The third kappa shape index (κ3) is 11.8. The number of amides is 2. The van der Waals surface area contributed by atoms with Crippen LogP contribution >= 0.6 is 0 Å². The fraction of sp³-hybridized carbons (Fsp3) is 0.412. The number of rotatable bonds is 7. The maximum Gasteiger partial charge on any atom is 0.416 e. The van der Waals surface area contributed by atoms with E-state index >= 15 is 0 Å². The minimum atomic E-state index is -4.83. The van der Waals surface area contributed by atoms with Gasteiger partial charge in [0, 0.05) is 26.7 Å². The lowest BCUT2D eigenvalue weighted by molar-refractivity contribution is -0.143. The van der Waals surface area contributed by atoms with Crippen LogP contribution in [0.15, 0.2) is 78.9 Å². The van der Waals surface area contributed by atoms with Gasteiger partial charge in [0.1, 0.15) is 0 Å². The van der Waals surface area contributed by atoms with Gasteiger partial charge in [-0.1, -0.05) is 60.7 Å². The lowest BCUT2D eigenvalue weighted by Crippen LogP contribution is -2.48. The van der Waals surface area contributed by atoms with Crippen molar-refractivity contribution in [3.8, 4) is 0 Å². The Balaban J connectivity index is 0.000000277. The number of benzene rings is 3. The minimum absolute atomic E-state index is 0.0218. The topological polar surface area (TPSA) is 61.9 Å². The SMILES string of the molecule is CN1CC(=O)NCC(=O)N(Cc2ccccc2)C[C@@H](CCc2ccccc2)C1.CO[C@H](C)c1cc(C(F)(F)F)cc(C(F)(F)F)c1. The average molecular weight is 652 g/mol. The van der Waals surface area contributed by atoms with Gasteiger partial charge in [0.2, 0.25) is 11.8 Å². The zero-order chi connectivity index (χ0) is 33.9. The van der Waals surface area contributed by atoms with Crippen LogP contribution in [0.4, 0.5) is 26.3 Å². The van der Waals surface area contributed by atoms with Gasteiger partial charge in [-0.25, -0.2) is 0 Å². The van der Waals surface area contributed by atoms with E-state index in [1.54, 1.807) is 0 Å². The van der Waals surface area contributed by atoms with Crippen LogP contribution in [0.2, 0.25) is 0 Å². The molecule has 0 saturated carbocycles. The molecule has 6 nitrogen and oxygen atoms in total. The van der Waals surface area contributed by atoms with Crippen LogP contribution in [0.3, 0.4) is 0 Å². The highest BCUT2D eigenvalue weighted by molar-refractivity contribution is 5.85. The van der Waals surface area contributed by atoms with Crippen molar-refractivity contribution >= 4 is 11.8 Å². The van der Waals surface area contributed by atoms with Crippen molar-refractivity contribution < 1.29 is 40.7 Å². The van der Waals surface area contributed by atoms with Crippen molar-refractivity contribution in [3.63, 3.8) is 0 Å². The molecule has 0 aromatic heterocycles. The van der Waals surface area contributed by atoms with Crippen molar-refractivity contribution in [3.05, 3.63) is 107 Å². The van der Waals surface area contributed by atoms with Crippen LogP contribution < -0.4 is 5.32 Å². The first-order valence-corrected chi connectivity index (χ1v) is 14.8. The van der Waals surface area contributed by atoms with Crippen molar-refractivity contribution in [1.82, 2.24) is 15.1 Å². The summed E-state index contributed by atoms with van der Waals surface area (Å²) in [6, 6.07) is 21.9. The predicted molar refractivity (Wildman–Crippen MR) is 162 cm³/mol. The number of aryl methyl sites for hydroxylation is 1. The Labute approximate surface area is 265 Å². The van der Waals surface area contributed by atoms with Crippen LogP contribution in [0.25, 0.3) is 0 Å². The summed E-state index contributed by atoms with van der Waals surface area (Å²) in [7, 11) is 3.18. The molecule has 0 radical (unpaired) electrons. The maximum atomic E-state index is 12.8. The summed E-state index contributed by atoms with van der Waals surface area (Å²) in [5.41, 5.74) is -0.428. The zero-order valence-corrected chi connectivity index (χ0v) is 26.0. The van der Waals surface area contributed by atoms with Gasteiger partial charge in [0.05, 0.1) is 30.3 Å². The molecule has 3 aromatic rings. The van der Waals surface area contributed by atoms with Crippen molar-refractivity contribution in [1.29, 1.82) is 0 Å². The van der Waals surface area contributed by atoms with Gasteiger partial charge in [-0.3, -0.25) is 14.5 Å². The fourth-order valence-corrected chi connectivity index (χ4v) is 5.07. The normalized spacial score (nSPS) is 17.5. The summed E-state index contributed by atoms with van der Waals surface area (Å²) in [6.07, 6.45) is -8.56. The number of methoxy groups -OCH3 is 1. The molecule has 1 N–H and O–H groups in total. The monoisotopic (exact) mass is 651 g/mol. The van der Waals surface area contributed by atoms with Crippen molar-refractivity contribution in [2.45, 2.75) is 44.8 Å². The highest BCUT2D eigenvalue weighted by Crippen LogP contribution is 2.37. The number of halogens is 6. The molecule has 46 heavy (non-hydrogen) atoms. The van der Waals surface area contributed by atoms with Crippen LogP contribution in [0, 0.1) is 5.92 Å². The fourth-order valence-electron chi connectivity index (χ4n) is 5.07. The van der Waals surface area contributed by atoms with Crippen LogP contribution in [0.1, 0.15) is 47.3 Å². The summed E-state index contributed by atoms with van der Waals surface area (Å²) >= 11 is 0. The molecule has 0 spiro atoms. The highest BCUT2D eigenvalue weighted by Gasteiger charge is 2.37. The Morgan fingerprint density at radius 3 is 1.91 bits per heavy atom. The van der Waals surface area contributed by atoms with Crippen LogP contribution in [-0.4, -0.2) is 62.0 Å². The van der Waals surface area contributed by atoms with E-state index < -0.39 is 29.6 Å². The third-order valence-electron chi connectivity index (χ3n) is 7.58. The first-order chi connectivity index (χ1) is 21.7. The Hall–Kier alpha value is -3.90. The molecule has 12 heteroatoms. The quantitative estimate of drug-likeness (QED) is 0.287. The van der Waals surface area contributed by atoms with Gasteiger partial charge in [0.15, 0.2) is 0 Å². The summed E-state index contributed by atoms with van der Waals surface area (Å²) in [5.74, 6) is 0.189. The standard InChI is InChI=1S/C23H29N3O2.C11H10F6O/c1-25-15-21(13-12-19-8-4-2-5-9-19)17-26(16-20-10-6-3-7-11-20)23(28)14-24-22(27)18-25;1-6(18-2)7-3-8(10(12,13)14)5-9(4-7)11(15,16)17/h2-11,21H,12-18H2,1H3,(H,24,27);3-6H,1-2H3/t21-;6-/m01/s1. The van der Waals surface area contributed by atoms with Gasteiger partial charge in [0.25, 0.3) is 0 Å². The number of carbonyl (C=O) groups excluding carboxylic acids is 2. The number of carbonyl (C=O) groups is 2. The first kappa shape index (κ1) is 36.6. The van der Waals surface area contributed by atoms with Gasteiger partial charge >= 0.3 is 12.4 Å². The molecule has 1 aliphatic rings. The van der Waals surface area contributed by atoms with Gasteiger partial charge in [-0.05, 0) is 67.6 Å². The Kier molecular flexibility index (Phi) is 13.2. The highest BCUT2D eigenvalue weighted by atomic mass is 19.4. The molecule has 0 aliphatic carbocycles. The minimum Gasteiger partial charge on any atom is -0.377 e. The van der Waals surface area contributed by atoms with E-state index in [0.29, 0.717) is 37.7 Å². The molecule has 4 rings (SSSR count). The van der Waals surface area contributed by atoms with Gasteiger partial charge in [-0.2, -0.15) is 26.3 Å². The van der Waals surface area contributed by atoms with E-state index in [1.165, 1.54) is 19.6 Å². The average Bonchev–Trinajstić information content (AvgIpc) is 3.01. The number of nitrogens with one attached hydrogen (secondary N) is 1. The molecule has 1 aliphatic heterocycles. The van der Waals surface area contributed by atoms with E-state index in [4.69, 9.17) is 4.74 Å². The number of alkyl halides is 6. The van der Waals surface area contributed by atoms with Crippen molar-refractivity contribution in [2.24, 2.45) is 5.92 Å². The van der Waals surface area contributed by atoms with E-state index in [1.807, 2.05) is 48.3 Å². The summed E-state index contributed by atoms with van der Waals surface area (Å²) in [5, 5.41) is 2.75. The Morgan fingerprint density at radius 1 is 0.848 bits per heavy atom. The Bertz CT molecular complexity index is 1370. The summed E-state index contributed by atoms with van der Waals surface area (Å²) in [4.78, 5) is 28.8. The Morgan fingerprint density at radius 2 is 1.39 bits per heavy atom. The number of ether oxygens (including phenoxy) is 1. The molecule has 1 saturated heterocycles. The molecular weight excluding hydrogens is 612 g/mol. The second-order valence-electron chi connectivity index (χ2n) is 11.3. The summed E-state index contributed by atoms with van der Waals surface area (Å²) in [6.45, 7) is 3.81. The number of hydrogen-bond donors (Lipinski definition) is 1. The third-order valence-corrected chi connectivity index (χ3v) is 7.58. The molecule has 2 atom stereocenters.